The Morgan fingerprint density at radius 2 is 1.90 bits per heavy atom. The fourth-order valence-corrected chi connectivity index (χ4v) is 3.07. The van der Waals surface area contributed by atoms with E-state index in [1.165, 1.54) is 11.8 Å². The predicted molar refractivity (Wildman–Crippen MR) is 76.6 cm³/mol. The SMILES string of the molecule is CC(=O)c1c(C)[nH]c(C(=O)N2CCCCC2C(=O)O)c1C. The summed E-state index contributed by atoms with van der Waals surface area (Å²) in [7, 11) is 0. The van der Waals surface area contributed by atoms with Gasteiger partial charge in [0.15, 0.2) is 5.78 Å². The number of carbonyl (C=O) groups excluding carboxylic acids is 2. The number of nitrogens with zero attached hydrogens (tertiary/aromatic N) is 1. The van der Waals surface area contributed by atoms with Gasteiger partial charge in [-0.2, -0.15) is 0 Å². The van der Waals surface area contributed by atoms with Crippen LogP contribution in [0.2, 0.25) is 0 Å². The summed E-state index contributed by atoms with van der Waals surface area (Å²) in [6.45, 7) is 5.35. The molecule has 1 fully saturated rings. The largest absolute Gasteiger partial charge is 0.480 e. The van der Waals surface area contributed by atoms with Crippen molar-refractivity contribution < 1.29 is 19.5 Å². The molecule has 1 saturated heterocycles. The van der Waals surface area contributed by atoms with Crippen molar-refractivity contribution in [2.24, 2.45) is 0 Å². The van der Waals surface area contributed by atoms with Gasteiger partial charge < -0.3 is 15.0 Å². The van der Waals surface area contributed by atoms with Crippen LogP contribution in [-0.4, -0.2) is 45.2 Å². The van der Waals surface area contributed by atoms with E-state index < -0.39 is 12.0 Å². The normalized spacial score (nSPS) is 18.6. The van der Waals surface area contributed by atoms with E-state index in [0.717, 1.165) is 12.8 Å². The number of aryl methyl sites for hydroxylation is 1. The average Bonchev–Trinajstić information content (AvgIpc) is 2.73. The molecule has 21 heavy (non-hydrogen) atoms. The molecule has 1 unspecified atom stereocenters. The van der Waals surface area contributed by atoms with E-state index in [-0.39, 0.29) is 11.7 Å². The number of likely N-dealkylation sites (tertiary alicyclic amines) is 1. The highest BCUT2D eigenvalue weighted by atomic mass is 16.4. The molecule has 2 heterocycles. The quantitative estimate of drug-likeness (QED) is 0.833. The summed E-state index contributed by atoms with van der Waals surface area (Å²) in [5.41, 5.74) is 2.08. The van der Waals surface area contributed by atoms with E-state index in [2.05, 4.69) is 4.98 Å². The number of hydrogen-bond acceptors (Lipinski definition) is 3. The summed E-state index contributed by atoms with van der Waals surface area (Å²) in [6, 6.07) is -0.782. The predicted octanol–water partition coefficient (Wildman–Crippen LogP) is 1.91. The van der Waals surface area contributed by atoms with E-state index >= 15 is 0 Å². The van der Waals surface area contributed by atoms with Crippen LogP contribution < -0.4 is 0 Å². The molecule has 0 aliphatic carbocycles. The van der Waals surface area contributed by atoms with Crippen molar-refractivity contribution in [3.63, 3.8) is 0 Å². The summed E-state index contributed by atoms with van der Waals surface area (Å²) >= 11 is 0. The Balaban J connectivity index is 2.37. The summed E-state index contributed by atoms with van der Waals surface area (Å²) in [5.74, 6) is -1.42. The Morgan fingerprint density at radius 3 is 2.43 bits per heavy atom. The zero-order valence-corrected chi connectivity index (χ0v) is 12.5. The first-order valence-corrected chi connectivity index (χ1v) is 7.08. The standard InChI is InChI=1S/C15H20N2O4/c1-8-12(10(3)18)9(2)16-13(8)14(19)17-7-5-4-6-11(17)15(20)21/h11,16H,4-7H2,1-3H3,(H,20,21). The monoisotopic (exact) mass is 292 g/mol. The number of aliphatic carboxylic acids is 1. The molecule has 6 nitrogen and oxygen atoms in total. The summed E-state index contributed by atoms with van der Waals surface area (Å²) in [4.78, 5) is 39.9. The topological polar surface area (TPSA) is 90.5 Å². The highest BCUT2D eigenvalue weighted by molar-refractivity contribution is 6.03. The minimum atomic E-state index is -0.976. The minimum absolute atomic E-state index is 0.103. The Labute approximate surface area is 123 Å². The van der Waals surface area contributed by atoms with E-state index in [9.17, 15) is 19.5 Å². The molecule has 2 N–H and O–H groups in total. The van der Waals surface area contributed by atoms with Crippen LogP contribution >= 0.6 is 0 Å². The lowest BCUT2D eigenvalue weighted by Gasteiger charge is -2.32. The highest BCUT2D eigenvalue weighted by Gasteiger charge is 2.34. The van der Waals surface area contributed by atoms with Crippen molar-refractivity contribution >= 4 is 17.7 Å². The van der Waals surface area contributed by atoms with E-state index in [1.54, 1.807) is 13.8 Å². The summed E-state index contributed by atoms with van der Waals surface area (Å²) in [5, 5.41) is 9.26. The molecule has 0 spiro atoms. The fourth-order valence-electron chi connectivity index (χ4n) is 3.07. The number of Topliss-reactive ketones (excluding diaryl/α,β-unsaturated/α-hetero) is 1. The van der Waals surface area contributed by atoms with Gasteiger partial charge in [0.25, 0.3) is 5.91 Å². The molecule has 0 aromatic carbocycles. The van der Waals surface area contributed by atoms with Gasteiger partial charge in [-0.3, -0.25) is 9.59 Å². The van der Waals surface area contributed by atoms with Gasteiger partial charge in [-0.25, -0.2) is 4.79 Å². The molecule has 0 bridgehead atoms. The third kappa shape index (κ3) is 2.70. The second-order valence-electron chi connectivity index (χ2n) is 5.53. The van der Waals surface area contributed by atoms with Crippen molar-refractivity contribution in [2.45, 2.75) is 46.1 Å². The van der Waals surface area contributed by atoms with Crippen LogP contribution in [0.15, 0.2) is 0 Å². The third-order valence-electron chi connectivity index (χ3n) is 4.05. The van der Waals surface area contributed by atoms with Crippen molar-refractivity contribution in [2.75, 3.05) is 6.54 Å². The third-order valence-corrected chi connectivity index (χ3v) is 4.05. The van der Waals surface area contributed by atoms with Crippen LogP contribution in [0, 0.1) is 13.8 Å². The molecule has 114 valence electrons. The lowest BCUT2D eigenvalue weighted by Crippen LogP contribution is -2.48. The van der Waals surface area contributed by atoms with Gasteiger partial charge in [0.05, 0.1) is 0 Å². The number of carboxylic acid groups (broad SMARTS) is 1. The molecule has 0 radical (unpaired) electrons. The van der Waals surface area contributed by atoms with Crippen LogP contribution in [0.1, 0.15) is 58.3 Å². The number of rotatable bonds is 3. The van der Waals surface area contributed by atoms with Crippen LogP contribution in [0.25, 0.3) is 0 Å². The number of hydrogen-bond donors (Lipinski definition) is 2. The second kappa shape index (κ2) is 5.71. The molecule has 1 aliphatic heterocycles. The first-order valence-electron chi connectivity index (χ1n) is 7.08. The lowest BCUT2D eigenvalue weighted by atomic mass is 10.0. The maximum Gasteiger partial charge on any atom is 0.326 e. The average molecular weight is 292 g/mol. The minimum Gasteiger partial charge on any atom is -0.480 e. The maximum absolute atomic E-state index is 12.6. The molecule has 1 aliphatic rings. The lowest BCUT2D eigenvalue weighted by molar-refractivity contribution is -0.143. The molecule has 6 heteroatoms. The highest BCUT2D eigenvalue weighted by Crippen LogP contribution is 2.24. The van der Waals surface area contributed by atoms with Crippen LogP contribution in [0.3, 0.4) is 0 Å². The van der Waals surface area contributed by atoms with Crippen molar-refractivity contribution in [1.29, 1.82) is 0 Å². The molecular formula is C15H20N2O4. The van der Waals surface area contributed by atoms with Gasteiger partial charge in [0, 0.05) is 17.8 Å². The number of amides is 1. The first kappa shape index (κ1) is 15.3. The van der Waals surface area contributed by atoms with Crippen LogP contribution in [0.5, 0.6) is 0 Å². The van der Waals surface area contributed by atoms with Crippen molar-refractivity contribution in [3.8, 4) is 0 Å². The van der Waals surface area contributed by atoms with E-state index in [4.69, 9.17) is 0 Å². The van der Waals surface area contributed by atoms with Crippen molar-refractivity contribution in [3.05, 3.63) is 22.5 Å². The smallest absolute Gasteiger partial charge is 0.326 e. The molecular weight excluding hydrogens is 272 g/mol. The van der Waals surface area contributed by atoms with Gasteiger partial charge in [0.1, 0.15) is 11.7 Å². The van der Waals surface area contributed by atoms with Gasteiger partial charge in [0.2, 0.25) is 0 Å². The number of aromatic nitrogens is 1. The van der Waals surface area contributed by atoms with Crippen LogP contribution in [0.4, 0.5) is 0 Å². The Bertz CT molecular complexity index is 603. The van der Waals surface area contributed by atoms with E-state index in [1.807, 2.05) is 0 Å². The van der Waals surface area contributed by atoms with Crippen molar-refractivity contribution in [1.82, 2.24) is 9.88 Å². The molecule has 1 amide bonds. The second-order valence-corrected chi connectivity index (χ2v) is 5.53. The van der Waals surface area contributed by atoms with Crippen LogP contribution in [-0.2, 0) is 4.79 Å². The molecule has 1 atom stereocenters. The maximum atomic E-state index is 12.6. The first-order chi connectivity index (χ1) is 9.84. The number of carboxylic acids is 1. The summed E-state index contributed by atoms with van der Waals surface area (Å²) < 4.78 is 0. The van der Waals surface area contributed by atoms with Gasteiger partial charge in [-0.15, -0.1) is 0 Å². The number of carbonyl (C=O) groups is 3. The molecule has 1 aromatic rings. The zero-order valence-electron chi connectivity index (χ0n) is 12.5. The zero-order chi connectivity index (χ0) is 15.7. The summed E-state index contributed by atoms with van der Waals surface area (Å²) in [6.07, 6.45) is 2.08. The molecule has 2 rings (SSSR count). The molecule has 0 saturated carbocycles. The van der Waals surface area contributed by atoms with Gasteiger partial charge in [-0.05, 0) is 45.6 Å². The number of aromatic amines is 1. The number of piperidine rings is 1. The number of H-pyrrole nitrogens is 1. The molecule has 1 aromatic heterocycles. The Kier molecular flexibility index (Phi) is 4.16. The van der Waals surface area contributed by atoms with Gasteiger partial charge >= 0.3 is 5.97 Å². The van der Waals surface area contributed by atoms with Gasteiger partial charge in [-0.1, -0.05) is 0 Å². The Hall–Kier alpha value is -2.11. The number of ketones is 1. The van der Waals surface area contributed by atoms with E-state index in [0.29, 0.717) is 35.5 Å². The fraction of sp³-hybridized carbons (Fsp3) is 0.533. The number of nitrogens with one attached hydrogen (secondary N) is 1. The Morgan fingerprint density at radius 1 is 1.24 bits per heavy atom.